The van der Waals surface area contributed by atoms with E-state index in [1.807, 2.05) is 12.1 Å². The predicted octanol–water partition coefficient (Wildman–Crippen LogP) is 6.12. The van der Waals surface area contributed by atoms with Crippen molar-refractivity contribution in [2.45, 2.75) is 57.5 Å². The first-order valence-electron chi connectivity index (χ1n) is 13.1. The molecule has 1 aromatic heterocycles. The molecule has 0 bridgehead atoms. The second-order valence-corrected chi connectivity index (χ2v) is 10.8. The molecular weight excluding hydrogens is 498 g/mol. The van der Waals surface area contributed by atoms with Gasteiger partial charge < -0.3 is 25.9 Å². The van der Waals surface area contributed by atoms with Gasteiger partial charge in [0.2, 0.25) is 5.91 Å². The van der Waals surface area contributed by atoms with Crippen molar-refractivity contribution < 1.29 is 19.4 Å². The van der Waals surface area contributed by atoms with Crippen LogP contribution in [0.15, 0.2) is 54.6 Å². The van der Waals surface area contributed by atoms with Gasteiger partial charge in [0.05, 0.1) is 6.42 Å². The summed E-state index contributed by atoms with van der Waals surface area (Å²) < 4.78 is 6.38. The minimum atomic E-state index is -0.321. The molecule has 4 rings (SSSR count). The Balaban J connectivity index is 1.31. The van der Waals surface area contributed by atoms with E-state index in [1.54, 1.807) is 30.3 Å². The Kier molecular flexibility index (Phi) is 9.67. The first-order valence-corrected chi connectivity index (χ1v) is 14.0. The molecule has 2 aromatic carbocycles. The van der Waals surface area contributed by atoms with Gasteiger partial charge in [0.1, 0.15) is 17.6 Å². The maximum absolute atomic E-state index is 12.4. The summed E-state index contributed by atoms with van der Waals surface area (Å²) in [5, 5.41) is 23.6. The van der Waals surface area contributed by atoms with E-state index < -0.39 is 0 Å². The molecular formula is C30H35N3O4S. The van der Waals surface area contributed by atoms with Gasteiger partial charge in [-0.05, 0) is 92.2 Å². The monoisotopic (exact) mass is 533 g/mol. The number of nitrogens with one attached hydrogen (secondary N) is 3. The third kappa shape index (κ3) is 7.76. The van der Waals surface area contributed by atoms with Gasteiger partial charge in [0, 0.05) is 28.8 Å². The number of Topliss-reactive ketones (excluding diaryl/α,β-unsaturated/α-hetero) is 1. The number of benzene rings is 2. The molecule has 200 valence electrons. The molecule has 3 aromatic rings. The lowest BCUT2D eigenvalue weighted by molar-refractivity contribution is -0.125. The zero-order chi connectivity index (χ0) is 26.9. The normalized spacial score (nSPS) is 14.6. The molecule has 1 unspecified atom stereocenters. The van der Waals surface area contributed by atoms with Gasteiger partial charge in [0.25, 0.3) is 0 Å². The SMILES string of the molecule is CC(CCCC(=O)CC(=O)Nc1ccc(C=N)cc1)c1ccc(OC2CCNCC2)c(-c2ccc(O)s2)c1. The zero-order valence-electron chi connectivity index (χ0n) is 21.7. The van der Waals surface area contributed by atoms with Crippen LogP contribution in [0.4, 0.5) is 5.69 Å². The van der Waals surface area contributed by atoms with Crippen LogP contribution in [0, 0.1) is 5.41 Å². The number of anilines is 1. The van der Waals surface area contributed by atoms with E-state index in [0.717, 1.165) is 59.7 Å². The van der Waals surface area contributed by atoms with Crippen molar-refractivity contribution in [2.75, 3.05) is 18.4 Å². The lowest BCUT2D eigenvalue weighted by atomic mass is 9.92. The number of ether oxygens (including phenoxy) is 1. The Morgan fingerprint density at radius 2 is 1.92 bits per heavy atom. The molecule has 8 heteroatoms. The van der Waals surface area contributed by atoms with E-state index >= 15 is 0 Å². The first kappa shape index (κ1) is 27.5. The van der Waals surface area contributed by atoms with E-state index in [2.05, 4.69) is 29.7 Å². The number of rotatable bonds is 12. The van der Waals surface area contributed by atoms with Gasteiger partial charge in [-0.3, -0.25) is 9.59 Å². The minimum absolute atomic E-state index is 0.0775. The molecule has 38 heavy (non-hydrogen) atoms. The van der Waals surface area contributed by atoms with E-state index in [4.69, 9.17) is 10.1 Å². The molecule has 0 spiro atoms. The first-order chi connectivity index (χ1) is 18.4. The third-order valence-corrected chi connectivity index (χ3v) is 7.74. The third-order valence-electron chi connectivity index (χ3n) is 6.82. The van der Waals surface area contributed by atoms with Crippen LogP contribution in [0.2, 0.25) is 0 Å². The highest BCUT2D eigenvalue weighted by molar-refractivity contribution is 7.17. The molecule has 1 saturated heterocycles. The average Bonchev–Trinajstić information content (AvgIpc) is 3.35. The maximum atomic E-state index is 12.4. The van der Waals surface area contributed by atoms with E-state index in [-0.39, 0.29) is 35.2 Å². The Bertz CT molecular complexity index is 1250. The average molecular weight is 534 g/mol. The highest BCUT2D eigenvalue weighted by atomic mass is 32.1. The number of aromatic hydroxyl groups is 1. The topological polar surface area (TPSA) is 112 Å². The largest absolute Gasteiger partial charge is 0.499 e. The molecule has 4 N–H and O–H groups in total. The Morgan fingerprint density at radius 3 is 2.61 bits per heavy atom. The van der Waals surface area contributed by atoms with Crippen molar-refractivity contribution in [1.82, 2.24) is 5.32 Å². The molecule has 2 heterocycles. The molecule has 7 nitrogen and oxygen atoms in total. The number of piperidine rings is 1. The summed E-state index contributed by atoms with van der Waals surface area (Å²) in [6.07, 6.45) is 5.08. The fourth-order valence-electron chi connectivity index (χ4n) is 4.62. The minimum Gasteiger partial charge on any atom is -0.499 e. The van der Waals surface area contributed by atoms with E-state index in [9.17, 15) is 14.7 Å². The van der Waals surface area contributed by atoms with Crippen molar-refractivity contribution in [1.29, 1.82) is 5.41 Å². The highest BCUT2D eigenvalue weighted by Crippen LogP contribution is 2.40. The van der Waals surface area contributed by atoms with Crippen molar-refractivity contribution >= 4 is 34.9 Å². The summed E-state index contributed by atoms with van der Waals surface area (Å²) in [6.45, 7) is 4.05. The molecule has 1 fully saturated rings. The molecule has 1 amide bonds. The number of thiophene rings is 1. The van der Waals surface area contributed by atoms with Crippen LogP contribution in [-0.4, -0.2) is 42.2 Å². The number of hydrogen-bond donors (Lipinski definition) is 4. The van der Waals surface area contributed by atoms with Gasteiger partial charge in [0.15, 0.2) is 5.06 Å². The molecule has 0 radical (unpaired) electrons. The summed E-state index contributed by atoms with van der Waals surface area (Å²) in [7, 11) is 0. The van der Waals surface area contributed by atoms with E-state index in [0.29, 0.717) is 18.5 Å². The van der Waals surface area contributed by atoms with Gasteiger partial charge in [-0.1, -0.05) is 36.5 Å². The number of carbonyl (C=O) groups is 2. The van der Waals surface area contributed by atoms with Gasteiger partial charge >= 0.3 is 0 Å². The predicted molar refractivity (Wildman–Crippen MR) is 153 cm³/mol. The summed E-state index contributed by atoms with van der Waals surface area (Å²) in [6, 6.07) is 16.8. The van der Waals surface area contributed by atoms with Crippen LogP contribution in [0.1, 0.15) is 62.5 Å². The Labute approximate surface area is 227 Å². The quantitative estimate of drug-likeness (QED) is 0.166. The summed E-state index contributed by atoms with van der Waals surface area (Å²) in [4.78, 5) is 25.6. The summed E-state index contributed by atoms with van der Waals surface area (Å²) >= 11 is 1.34. The molecule has 0 aliphatic carbocycles. The lowest BCUT2D eigenvalue weighted by Gasteiger charge is -2.25. The van der Waals surface area contributed by atoms with E-state index in [1.165, 1.54) is 17.6 Å². The van der Waals surface area contributed by atoms with Crippen LogP contribution in [0.3, 0.4) is 0 Å². The van der Waals surface area contributed by atoms with Crippen molar-refractivity contribution in [3.8, 4) is 21.3 Å². The molecule has 0 saturated carbocycles. The number of carbonyl (C=O) groups excluding carboxylic acids is 2. The smallest absolute Gasteiger partial charge is 0.231 e. The van der Waals surface area contributed by atoms with Crippen molar-refractivity contribution in [3.63, 3.8) is 0 Å². The summed E-state index contributed by atoms with van der Waals surface area (Å²) in [5.74, 6) is 0.665. The summed E-state index contributed by atoms with van der Waals surface area (Å²) in [5.41, 5.74) is 3.51. The highest BCUT2D eigenvalue weighted by Gasteiger charge is 2.19. The second-order valence-electron chi connectivity index (χ2n) is 9.78. The lowest BCUT2D eigenvalue weighted by Crippen LogP contribution is -2.34. The van der Waals surface area contributed by atoms with Crippen LogP contribution in [-0.2, 0) is 9.59 Å². The number of ketones is 1. The molecule has 1 aliphatic rings. The van der Waals surface area contributed by atoms with Crippen LogP contribution in [0.5, 0.6) is 10.8 Å². The van der Waals surface area contributed by atoms with Gasteiger partial charge in [-0.2, -0.15) is 0 Å². The van der Waals surface area contributed by atoms with Gasteiger partial charge in [-0.25, -0.2) is 0 Å². The van der Waals surface area contributed by atoms with Crippen LogP contribution < -0.4 is 15.4 Å². The standard InChI is InChI=1S/C30H35N3O4S/c1-20(3-2-4-24(34)18-29(35)33-23-8-5-21(19-31)6-9-23)22-7-10-27(37-25-13-15-32-16-14-25)26(17-22)28-11-12-30(36)38-28/h5-12,17,19-20,25,31-32,36H,2-4,13-16,18H2,1H3,(H,33,35). The maximum Gasteiger partial charge on any atom is 0.231 e. The number of hydrogen-bond acceptors (Lipinski definition) is 7. The Morgan fingerprint density at radius 1 is 1.16 bits per heavy atom. The number of amides is 1. The van der Waals surface area contributed by atoms with Crippen LogP contribution >= 0.6 is 11.3 Å². The fraction of sp³-hybridized carbons (Fsp3) is 0.367. The zero-order valence-corrected chi connectivity index (χ0v) is 22.5. The van der Waals surface area contributed by atoms with Crippen molar-refractivity contribution in [2.24, 2.45) is 0 Å². The van der Waals surface area contributed by atoms with Crippen LogP contribution in [0.25, 0.3) is 10.4 Å². The molecule has 1 aliphatic heterocycles. The Hall–Kier alpha value is -3.49. The fourth-order valence-corrected chi connectivity index (χ4v) is 5.39. The molecule has 1 atom stereocenters. The second kappa shape index (κ2) is 13.3. The van der Waals surface area contributed by atoms with Gasteiger partial charge in [-0.15, -0.1) is 0 Å². The van der Waals surface area contributed by atoms with Crippen molar-refractivity contribution in [3.05, 3.63) is 65.7 Å².